The van der Waals surface area contributed by atoms with Crippen molar-refractivity contribution in [2.75, 3.05) is 0 Å². The smallest absolute Gasteiger partial charge is 0.335 e. The second-order valence-electron chi connectivity index (χ2n) is 10.8. The van der Waals surface area contributed by atoms with Gasteiger partial charge in [0.1, 0.15) is 0 Å². The molecule has 4 nitrogen and oxygen atoms in total. The summed E-state index contributed by atoms with van der Waals surface area (Å²) in [5, 5.41) is 22.4. The number of rotatable bonds is 1. The molecule has 28 heavy (non-hydrogen) atoms. The van der Waals surface area contributed by atoms with E-state index in [1.807, 2.05) is 6.07 Å². The molecule has 4 saturated carbocycles. The topological polar surface area (TPSA) is 70.7 Å². The fourth-order valence-electron chi connectivity index (χ4n) is 8.30. The largest absolute Gasteiger partial charge is 0.431 e. The molecule has 0 spiro atoms. The van der Waals surface area contributed by atoms with Gasteiger partial charge in [0, 0.05) is 11.5 Å². The molecule has 0 amide bonds. The normalized spacial score (nSPS) is 50.5. The highest BCUT2D eigenvalue weighted by atomic mass is 16.4. The number of aliphatic hydroxyl groups is 2. The van der Waals surface area contributed by atoms with Gasteiger partial charge in [0.25, 0.3) is 0 Å². The van der Waals surface area contributed by atoms with Crippen LogP contribution in [0.15, 0.2) is 27.6 Å². The number of hydrogen-bond acceptors (Lipinski definition) is 4. The van der Waals surface area contributed by atoms with Gasteiger partial charge in [-0.05, 0) is 98.5 Å². The summed E-state index contributed by atoms with van der Waals surface area (Å²) in [5.74, 6) is 1.76. The van der Waals surface area contributed by atoms with Crippen LogP contribution in [0.25, 0.3) is 0 Å². The first-order chi connectivity index (χ1) is 13.3. The van der Waals surface area contributed by atoms with Crippen molar-refractivity contribution in [2.45, 2.75) is 89.3 Å². The molecule has 5 rings (SSSR count). The van der Waals surface area contributed by atoms with Gasteiger partial charge in [-0.1, -0.05) is 13.8 Å². The van der Waals surface area contributed by atoms with E-state index in [9.17, 15) is 15.0 Å². The Hall–Kier alpha value is -1.13. The van der Waals surface area contributed by atoms with E-state index in [1.165, 1.54) is 12.5 Å². The minimum Gasteiger partial charge on any atom is -0.431 e. The summed E-state index contributed by atoms with van der Waals surface area (Å²) in [6.07, 6.45) is 10.7. The molecule has 4 aliphatic rings. The summed E-state index contributed by atoms with van der Waals surface area (Å²) < 4.78 is 5.17. The van der Waals surface area contributed by atoms with Crippen LogP contribution in [0.4, 0.5) is 0 Å². The van der Waals surface area contributed by atoms with Crippen molar-refractivity contribution in [1.29, 1.82) is 0 Å². The third-order valence-electron chi connectivity index (χ3n) is 9.95. The lowest BCUT2D eigenvalue weighted by atomic mass is 9.43. The standard InChI is InChI=1S/C24H34O4/c1-22-10-7-17(25)13-16(22)4-5-20-19(22)8-11-23(2)18(9-12-24(20,23)27)15-3-6-21(26)28-14-15/h3,6,14,16-20,25,27H,4-5,7-13H2,1-2H3/t16-,17-,18-,19+,20+,22-,23+,24+/m1/s1. The van der Waals surface area contributed by atoms with Crippen LogP contribution in [0.3, 0.4) is 0 Å². The molecule has 1 heterocycles. The van der Waals surface area contributed by atoms with Crippen molar-refractivity contribution >= 4 is 0 Å². The van der Waals surface area contributed by atoms with Crippen LogP contribution in [0, 0.1) is 28.6 Å². The molecule has 0 aromatic carbocycles. The van der Waals surface area contributed by atoms with Crippen molar-refractivity contribution in [3.8, 4) is 0 Å². The van der Waals surface area contributed by atoms with Gasteiger partial charge in [0.05, 0.1) is 18.0 Å². The molecule has 4 heteroatoms. The Kier molecular flexibility index (Phi) is 4.17. The molecule has 0 radical (unpaired) electrons. The van der Waals surface area contributed by atoms with Gasteiger partial charge >= 0.3 is 5.63 Å². The molecular weight excluding hydrogens is 352 g/mol. The van der Waals surface area contributed by atoms with Gasteiger partial charge in [-0.25, -0.2) is 4.79 Å². The van der Waals surface area contributed by atoms with E-state index in [1.54, 1.807) is 6.26 Å². The van der Waals surface area contributed by atoms with Crippen LogP contribution >= 0.6 is 0 Å². The van der Waals surface area contributed by atoms with Crippen molar-refractivity contribution in [2.24, 2.45) is 28.6 Å². The summed E-state index contributed by atoms with van der Waals surface area (Å²) in [5.41, 5.74) is 0.219. The van der Waals surface area contributed by atoms with E-state index >= 15 is 0 Å². The van der Waals surface area contributed by atoms with Gasteiger partial charge in [-0.2, -0.15) is 0 Å². The average Bonchev–Trinajstić information content (AvgIpc) is 2.95. The van der Waals surface area contributed by atoms with Crippen LogP contribution in [0.5, 0.6) is 0 Å². The predicted octanol–water partition coefficient (Wildman–Crippen LogP) is 4.24. The lowest BCUT2D eigenvalue weighted by Gasteiger charge is -2.63. The van der Waals surface area contributed by atoms with Crippen LogP contribution < -0.4 is 5.63 Å². The Morgan fingerprint density at radius 1 is 1.00 bits per heavy atom. The quantitative estimate of drug-likeness (QED) is 0.757. The molecule has 0 unspecified atom stereocenters. The zero-order valence-corrected chi connectivity index (χ0v) is 17.2. The van der Waals surface area contributed by atoms with Crippen molar-refractivity contribution in [1.82, 2.24) is 0 Å². The van der Waals surface area contributed by atoms with Crippen LogP contribution in [0.2, 0.25) is 0 Å². The molecule has 8 atom stereocenters. The fraction of sp³-hybridized carbons (Fsp3) is 0.792. The van der Waals surface area contributed by atoms with Crippen molar-refractivity contribution in [3.05, 3.63) is 34.4 Å². The third-order valence-corrected chi connectivity index (χ3v) is 9.95. The molecule has 0 bridgehead atoms. The first-order valence-corrected chi connectivity index (χ1v) is 11.3. The monoisotopic (exact) mass is 386 g/mol. The van der Waals surface area contributed by atoms with E-state index in [4.69, 9.17) is 4.42 Å². The number of fused-ring (bicyclic) bond motifs is 5. The van der Waals surface area contributed by atoms with Crippen molar-refractivity contribution in [3.63, 3.8) is 0 Å². The van der Waals surface area contributed by atoms with E-state index in [0.29, 0.717) is 17.8 Å². The second kappa shape index (κ2) is 6.18. The Balaban J connectivity index is 1.48. The molecule has 4 fully saturated rings. The van der Waals surface area contributed by atoms with E-state index < -0.39 is 5.60 Å². The van der Waals surface area contributed by atoms with Crippen LogP contribution in [0.1, 0.15) is 83.1 Å². The number of aliphatic hydroxyl groups excluding tert-OH is 1. The summed E-state index contributed by atoms with van der Waals surface area (Å²) in [7, 11) is 0. The third kappa shape index (κ3) is 2.40. The molecule has 0 aliphatic heterocycles. The first-order valence-electron chi connectivity index (χ1n) is 11.3. The maximum atomic E-state index is 12.2. The number of hydrogen-bond donors (Lipinski definition) is 2. The summed E-state index contributed by atoms with van der Waals surface area (Å²) in [6.45, 7) is 4.73. The van der Waals surface area contributed by atoms with Crippen LogP contribution in [-0.4, -0.2) is 21.9 Å². The summed E-state index contributed by atoms with van der Waals surface area (Å²) in [6, 6.07) is 3.42. The molecular formula is C24H34O4. The molecule has 2 N–H and O–H groups in total. The molecule has 4 aliphatic carbocycles. The zero-order valence-electron chi connectivity index (χ0n) is 17.2. The highest BCUT2D eigenvalue weighted by Crippen LogP contribution is 2.70. The Bertz CT molecular complexity index is 797. The van der Waals surface area contributed by atoms with Gasteiger partial charge in [-0.3, -0.25) is 0 Å². The highest BCUT2D eigenvalue weighted by molar-refractivity contribution is 5.27. The molecule has 154 valence electrons. The van der Waals surface area contributed by atoms with Gasteiger partial charge in [0.15, 0.2) is 0 Å². The Morgan fingerprint density at radius 2 is 1.82 bits per heavy atom. The van der Waals surface area contributed by atoms with Gasteiger partial charge < -0.3 is 14.6 Å². The minimum absolute atomic E-state index is 0.129. The predicted molar refractivity (Wildman–Crippen MR) is 107 cm³/mol. The Labute approximate surface area is 167 Å². The molecule has 1 aromatic heterocycles. The van der Waals surface area contributed by atoms with E-state index in [2.05, 4.69) is 13.8 Å². The lowest BCUT2D eigenvalue weighted by Crippen LogP contribution is -2.62. The minimum atomic E-state index is -0.638. The first kappa shape index (κ1) is 18.9. The summed E-state index contributed by atoms with van der Waals surface area (Å²) in [4.78, 5) is 11.4. The fourth-order valence-corrected chi connectivity index (χ4v) is 8.30. The van der Waals surface area contributed by atoms with E-state index in [-0.39, 0.29) is 28.5 Å². The SMILES string of the molecule is C[C@@]12CC[C@@H](O)C[C@H]1CC[C@H]1[C@@H]2CC[C@@]2(C)[C@@H](c3ccc(=O)oc3)CC[C@]12O. The Morgan fingerprint density at radius 3 is 2.57 bits per heavy atom. The maximum absolute atomic E-state index is 12.2. The molecule has 0 saturated heterocycles. The van der Waals surface area contributed by atoms with Gasteiger partial charge in [-0.15, -0.1) is 0 Å². The van der Waals surface area contributed by atoms with Crippen molar-refractivity contribution < 1.29 is 14.6 Å². The average molecular weight is 387 g/mol. The zero-order chi connectivity index (χ0) is 19.7. The second-order valence-corrected chi connectivity index (χ2v) is 10.8. The lowest BCUT2D eigenvalue weighted by molar-refractivity contribution is -0.205. The summed E-state index contributed by atoms with van der Waals surface area (Å²) >= 11 is 0. The highest BCUT2D eigenvalue weighted by Gasteiger charge is 2.67. The maximum Gasteiger partial charge on any atom is 0.335 e. The van der Waals surface area contributed by atoms with Gasteiger partial charge in [0.2, 0.25) is 0 Å². The van der Waals surface area contributed by atoms with E-state index in [0.717, 1.165) is 56.9 Å². The van der Waals surface area contributed by atoms with Crippen LogP contribution in [-0.2, 0) is 0 Å². The molecule has 1 aromatic rings.